The van der Waals surface area contributed by atoms with E-state index in [2.05, 4.69) is 26.5 Å². The van der Waals surface area contributed by atoms with E-state index in [0.717, 1.165) is 10.3 Å². The number of thiophene rings is 1. The first-order valence-electron chi connectivity index (χ1n) is 10.1. The van der Waals surface area contributed by atoms with Gasteiger partial charge in [-0.05, 0) is 51.8 Å². The molecule has 3 aromatic carbocycles. The molecule has 1 amide bonds. The number of hydrogen-bond donors (Lipinski definition) is 1. The third-order valence-electron chi connectivity index (χ3n) is 4.90. The maximum absolute atomic E-state index is 12.5. The molecule has 0 unspecified atom stereocenters. The molecule has 0 saturated carbocycles. The zero-order chi connectivity index (χ0) is 24.9. The van der Waals surface area contributed by atoms with E-state index in [-0.39, 0.29) is 12.3 Å². The smallest absolute Gasteiger partial charge is 0.281 e. The van der Waals surface area contributed by atoms with E-state index in [1.807, 2.05) is 18.2 Å². The van der Waals surface area contributed by atoms with E-state index in [1.54, 1.807) is 30.3 Å². The van der Waals surface area contributed by atoms with Crippen LogP contribution >= 0.6 is 38.9 Å². The Kier molecular flexibility index (Phi) is 7.64. The molecule has 1 heterocycles. The SMILES string of the molecule is COc1cc(/C=N/NC(=O)c2cc3cc([N+](=O)[O-])ccc3s2)cc(Br)c1OCc1ccccc1Cl. The average Bonchev–Trinajstić information content (AvgIpc) is 3.27. The zero-order valence-corrected chi connectivity index (χ0v) is 21.3. The number of hydrazone groups is 1. The molecular formula is C24H17BrClN3O5S. The second-order valence-corrected chi connectivity index (χ2v) is 9.55. The summed E-state index contributed by atoms with van der Waals surface area (Å²) in [5, 5.41) is 16.2. The summed E-state index contributed by atoms with van der Waals surface area (Å²) < 4.78 is 12.8. The number of benzene rings is 3. The fourth-order valence-corrected chi connectivity index (χ4v) is 4.89. The molecule has 178 valence electrons. The fourth-order valence-electron chi connectivity index (χ4n) is 3.20. The normalized spacial score (nSPS) is 11.1. The Labute approximate surface area is 217 Å². The maximum atomic E-state index is 12.5. The van der Waals surface area contributed by atoms with Gasteiger partial charge in [0.2, 0.25) is 0 Å². The van der Waals surface area contributed by atoms with Crippen LogP contribution in [0.3, 0.4) is 0 Å². The molecule has 0 radical (unpaired) electrons. The molecule has 0 aliphatic rings. The highest BCUT2D eigenvalue weighted by atomic mass is 79.9. The quantitative estimate of drug-likeness (QED) is 0.146. The number of halogens is 2. The van der Waals surface area contributed by atoms with Crippen LogP contribution in [0.4, 0.5) is 5.69 Å². The van der Waals surface area contributed by atoms with Crippen molar-refractivity contribution in [2.45, 2.75) is 6.61 Å². The molecule has 0 atom stereocenters. The fraction of sp³-hybridized carbons (Fsp3) is 0.0833. The number of nitrogens with zero attached hydrogens (tertiary/aromatic N) is 2. The van der Waals surface area contributed by atoms with Gasteiger partial charge in [-0.15, -0.1) is 11.3 Å². The highest BCUT2D eigenvalue weighted by Gasteiger charge is 2.14. The van der Waals surface area contributed by atoms with Crippen molar-refractivity contribution in [3.05, 3.63) is 96.3 Å². The van der Waals surface area contributed by atoms with Crippen LogP contribution in [0.25, 0.3) is 10.1 Å². The molecule has 0 aliphatic carbocycles. The van der Waals surface area contributed by atoms with Crippen molar-refractivity contribution < 1.29 is 19.2 Å². The largest absolute Gasteiger partial charge is 0.493 e. The monoisotopic (exact) mass is 573 g/mol. The van der Waals surface area contributed by atoms with Crippen molar-refractivity contribution in [3.63, 3.8) is 0 Å². The van der Waals surface area contributed by atoms with Crippen molar-refractivity contribution in [3.8, 4) is 11.5 Å². The second kappa shape index (κ2) is 10.9. The second-order valence-electron chi connectivity index (χ2n) is 7.20. The van der Waals surface area contributed by atoms with Gasteiger partial charge in [0.25, 0.3) is 11.6 Å². The van der Waals surface area contributed by atoms with Crippen molar-refractivity contribution in [2.75, 3.05) is 7.11 Å². The summed E-state index contributed by atoms with van der Waals surface area (Å²) in [6.07, 6.45) is 1.47. The number of non-ortho nitro benzene ring substituents is 1. The van der Waals surface area contributed by atoms with Gasteiger partial charge < -0.3 is 9.47 Å². The number of carbonyl (C=O) groups excluding carboxylic acids is 1. The van der Waals surface area contributed by atoms with E-state index in [4.69, 9.17) is 21.1 Å². The van der Waals surface area contributed by atoms with Crippen LogP contribution in [0.5, 0.6) is 11.5 Å². The third kappa shape index (κ3) is 5.79. The molecule has 1 aromatic heterocycles. The molecule has 8 nitrogen and oxygen atoms in total. The van der Waals surface area contributed by atoms with Crippen LogP contribution in [0.1, 0.15) is 20.8 Å². The van der Waals surface area contributed by atoms with Crippen LogP contribution < -0.4 is 14.9 Å². The van der Waals surface area contributed by atoms with Crippen LogP contribution in [-0.4, -0.2) is 24.2 Å². The van der Waals surface area contributed by atoms with Crippen molar-refractivity contribution >= 4 is 66.8 Å². The van der Waals surface area contributed by atoms with E-state index in [9.17, 15) is 14.9 Å². The molecule has 0 fully saturated rings. The van der Waals surface area contributed by atoms with Gasteiger partial charge in [-0.1, -0.05) is 29.8 Å². The molecule has 4 aromatic rings. The summed E-state index contributed by atoms with van der Waals surface area (Å²) in [7, 11) is 1.53. The van der Waals surface area contributed by atoms with E-state index >= 15 is 0 Å². The first-order valence-corrected chi connectivity index (χ1v) is 12.1. The van der Waals surface area contributed by atoms with E-state index in [1.165, 1.54) is 36.8 Å². The summed E-state index contributed by atoms with van der Waals surface area (Å²) in [6.45, 7) is 0.260. The average molecular weight is 575 g/mol. The number of fused-ring (bicyclic) bond motifs is 1. The molecule has 11 heteroatoms. The van der Waals surface area contributed by atoms with E-state index in [0.29, 0.717) is 36.8 Å². The molecular weight excluding hydrogens is 558 g/mol. The van der Waals surface area contributed by atoms with Crippen molar-refractivity contribution in [1.29, 1.82) is 0 Å². The van der Waals surface area contributed by atoms with Crippen molar-refractivity contribution in [2.24, 2.45) is 5.10 Å². The zero-order valence-electron chi connectivity index (χ0n) is 18.2. The summed E-state index contributed by atoms with van der Waals surface area (Å²) in [4.78, 5) is 23.4. The molecule has 35 heavy (non-hydrogen) atoms. The van der Waals surface area contributed by atoms with Crippen LogP contribution in [0.2, 0.25) is 5.02 Å². The topological polar surface area (TPSA) is 103 Å². The van der Waals surface area contributed by atoms with Gasteiger partial charge in [-0.25, -0.2) is 5.43 Å². The predicted molar refractivity (Wildman–Crippen MR) is 140 cm³/mol. The Morgan fingerprint density at radius 2 is 2.03 bits per heavy atom. The molecule has 1 N–H and O–H groups in total. The summed E-state index contributed by atoms with van der Waals surface area (Å²) in [5.41, 5.74) is 3.95. The Bertz CT molecular complexity index is 1460. The van der Waals surface area contributed by atoms with Gasteiger partial charge in [0, 0.05) is 32.8 Å². The van der Waals surface area contributed by atoms with Gasteiger partial charge in [0.15, 0.2) is 11.5 Å². The first-order chi connectivity index (χ1) is 16.9. The highest BCUT2D eigenvalue weighted by molar-refractivity contribution is 9.10. The van der Waals surface area contributed by atoms with Gasteiger partial charge in [-0.2, -0.15) is 5.10 Å². The Morgan fingerprint density at radius 3 is 2.77 bits per heavy atom. The standard InChI is InChI=1S/C24H17BrClN3O5S/c1-33-20-9-14(8-18(25)23(20)34-13-15-4-2-3-5-19(15)26)12-27-28-24(30)22-11-16-10-17(29(31)32)6-7-21(16)35-22/h2-12H,13H2,1H3,(H,28,30)/b27-12+. The minimum Gasteiger partial charge on any atom is -0.493 e. The number of hydrogen-bond acceptors (Lipinski definition) is 7. The van der Waals surface area contributed by atoms with Crippen LogP contribution in [-0.2, 0) is 6.61 Å². The molecule has 0 aliphatic heterocycles. The van der Waals surface area contributed by atoms with Gasteiger partial charge in [0.1, 0.15) is 6.61 Å². The van der Waals surface area contributed by atoms with Gasteiger partial charge in [0.05, 0.1) is 27.6 Å². The summed E-state index contributed by atoms with van der Waals surface area (Å²) in [6, 6.07) is 17.0. The lowest BCUT2D eigenvalue weighted by Crippen LogP contribution is -2.16. The number of ether oxygens (including phenoxy) is 2. The lowest BCUT2D eigenvalue weighted by atomic mass is 10.2. The van der Waals surface area contributed by atoms with Gasteiger partial charge >= 0.3 is 0 Å². The van der Waals surface area contributed by atoms with Crippen LogP contribution in [0, 0.1) is 10.1 Å². The molecule has 4 rings (SSSR count). The highest BCUT2D eigenvalue weighted by Crippen LogP contribution is 2.37. The number of rotatable bonds is 8. The van der Waals surface area contributed by atoms with E-state index < -0.39 is 10.8 Å². The minimum atomic E-state index is -0.472. The number of carbonyl (C=O) groups is 1. The molecule has 0 saturated heterocycles. The molecule has 0 spiro atoms. The number of nitrogens with one attached hydrogen (secondary N) is 1. The number of amides is 1. The van der Waals surface area contributed by atoms with Gasteiger partial charge in [-0.3, -0.25) is 14.9 Å². The Hall–Kier alpha value is -3.47. The first kappa shape index (κ1) is 24.6. The van der Waals surface area contributed by atoms with Crippen molar-refractivity contribution in [1.82, 2.24) is 5.43 Å². The Balaban J connectivity index is 1.45. The Morgan fingerprint density at radius 1 is 1.23 bits per heavy atom. The summed E-state index contributed by atoms with van der Waals surface area (Å²) >= 11 is 10.9. The number of methoxy groups -OCH3 is 1. The maximum Gasteiger partial charge on any atom is 0.281 e. The number of nitro groups is 1. The minimum absolute atomic E-state index is 0.0286. The molecule has 0 bridgehead atoms. The summed E-state index contributed by atoms with van der Waals surface area (Å²) in [5.74, 6) is 0.564. The lowest BCUT2D eigenvalue weighted by molar-refractivity contribution is -0.384. The third-order valence-corrected chi connectivity index (χ3v) is 6.97. The lowest BCUT2D eigenvalue weighted by Gasteiger charge is -2.14. The van der Waals surface area contributed by atoms with Crippen LogP contribution in [0.15, 0.2) is 70.2 Å². The number of nitro benzene ring substituents is 1. The predicted octanol–water partition coefficient (Wildman–Crippen LogP) is 6.58.